The van der Waals surface area contributed by atoms with Gasteiger partial charge in [0, 0.05) is 33.2 Å². The van der Waals surface area contributed by atoms with Crippen molar-refractivity contribution in [3.8, 4) is 11.5 Å². The highest BCUT2D eigenvalue weighted by Gasteiger charge is 2.33. The van der Waals surface area contributed by atoms with Crippen LogP contribution in [-0.2, 0) is 20.7 Å². The summed E-state index contributed by atoms with van der Waals surface area (Å²) in [6.45, 7) is 3.16. The van der Waals surface area contributed by atoms with Crippen LogP contribution in [0.4, 0.5) is 0 Å². The lowest BCUT2D eigenvalue weighted by Gasteiger charge is -2.19. The van der Waals surface area contributed by atoms with Gasteiger partial charge in [-0.1, -0.05) is 6.07 Å². The summed E-state index contributed by atoms with van der Waals surface area (Å²) in [6.07, 6.45) is 0.982. The van der Waals surface area contributed by atoms with Gasteiger partial charge in [-0.3, -0.25) is 9.59 Å². The van der Waals surface area contributed by atoms with Crippen molar-refractivity contribution in [3.05, 3.63) is 23.8 Å². The summed E-state index contributed by atoms with van der Waals surface area (Å²) in [4.78, 5) is 25.8. The third-order valence-electron chi connectivity index (χ3n) is 4.47. The van der Waals surface area contributed by atoms with E-state index in [1.54, 1.807) is 12.0 Å². The Kier molecular flexibility index (Phi) is 5.75. The molecule has 1 fully saturated rings. The molecule has 0 saturated carbocycles. The predicted octanol–water partition coefficient (Wildman–Crippen LogP) is 0.611. The fourth-order valence-corrected chi connectivity index (χ4v) is 3.08. The molecule has 0 aromatic heterocycles. The first-order valence-electron chi connectivity index (χ1n) is 8.60. The van der Waals surface area contributed by atoms with Gasteiger partial charge >= 0.3 is 0 Å². The molecule has 2 aliphatic heterocycles. The van der Waals surface area contributed by atoms with Crippen LogP contribution >= 0.6 is 0 Å². The molecule has 25 heavy (non-hydrogen) atoms. The first-order valence-corrected chi connectivity index (χ1v) is 8.60. The van der Waals surface area contributed by atoms with Crippen LogP contribution in [0.15, 0.2) is 18.2 Å². The number of carbonyl (C=O) groups is 2. The quantitative estimate of drug-likeness (QED) is 0.781. The molecule has 1 N–H and O–H groups in total. The number of nitrogens with zero attached hydrogens (tertiary/aromatic N) is 1. The van der Waals surface area contributed by atoms with Gasteiger partial charge in [0.2, 0.25) is 11.8 Å². The average Bonchev–Trinajstić information content (AvgIpc) is 3.00. The van der Waals surface area contributed by atoms with Crippen molar-refractivity contribution in [2.75, 3.05) is 46.6 Å². The maximum absolute atomic E-state index is 12.3. The SMILES string of the molecule is COCCN1C[C@H](C(=O)NCCc2ccc3c(c2)OCCO3)CC1=O. The van der Waals surface area contributed by atoms with Gasteiger partial charge in [-0.15, -0.1) is 0 Å². The van der Waals surface area contributed by atoms with E-state index in [0.29, 0.717) is 45.9 Å². The summed E-state index contributed by atoms with van der Waals surface area (Å²) in [5.41, 5.74) is 1.08. The van der Waals surface area contributed by atoms with Crippen molar-refractivity contribution in [2.45, 2.75) is 12.8 Å². The van der Waals surface area contributed by atoms with Crippen LogP contribution < -0.4 is 14.8 Å². The molecule has 7 heteroatoms. The number of benzene rings is 1. The molecule has 0 aliphatic carbocycles. The van der Waals surface area contributed by atoms with E-state index in [1.807, 2.05) is 18.2 Å². The Hall–Kier alpha value is -2.28. The van der Waals surface area contributed by atoms with E-state index in [1.165, 1.54) is 0 Å². The van der Waals surface area contributed by atoms with Gasteiger partial charge in [0.25, 0.3) is 0 Å². The highest BCUT2D eigenvalue weighted by atomic mass is 16.6. The molecular formula is C18H24N2O5. The first-order chi connectivity index (χ1) is 12.2. The number of fused-ring (bicyclic) bond motifs is 1. The summed E-state index contributed by atoms with van der Waals surface area (Å²) >= 11 is 0. The van der Waals surface area contributed by atoms with Crippen molar-refractivity contribution in [1.29, 1.82) is 0 Å². The number of amides is 2. The minimum atomic E-state index is -0.273. The Morgan fingerprint density at radius 1 is 1.32 bits per heavy atom. The topological polar surface area (TPSA) is 77.1 Å². The van der Waals surface area contributed by atoms with Crippen LogP contribution in [0.25, 0.3) is 0 Å². The van der Waals surface area contributed by atoms with Crippen LogP contribution in [0, 0.1) is 5.92 Å². The number of ether oxygens (including phenoxy) is 3. The number of likely N-dealkylation sites (tertiary alicyclic amines) is 1. The molecule has 2 amide bonds. The average molecular weight is 348 g/mol. The second-order valence-corrected chi connectivity index (χ2v) is 6.25. The highest BCUT2D eigenvalue weighted by molar-refractivity contribution is 5.89. The minimum Gasteiger partial charge on any atom is -0.486 e. The predicted molar refractivity (Wildman–Crippen MR) is 90.7 cm³/mol. The molecule has 1 saturated heterocycles. The van der Waals surface area contributed by atoms with Crippen molar-refractivity contribution >= 4 is 11.8 Å². The molecule has 1 atom stereocenters. The largest absolute Gasteiger partial charge is 0.486 e. The lowest BCUT2D eigenvalue weighted by atomic mass is 10.1. The summed E-state index contributed by atoms with van der Waals surface area (Å²) in [5, 5.41) is 2.93. The fraction of sp³-hybridized carbons (Fsp3) is 0.556. The van der Waals surface area contributed by atoms with Gasteiger partial charge in [-0.05, 0) is 24.1 Å². The number of carbonyl (C=O) groups excluding carboxylic acids is 2. The molecule has 1 aromatic carbocycles. The van der Waals surface area contributed by atoms with Gasteiger partial charge < -0.3 is 24.4 Å². The van der Waals surface area contributed by atoms with Crippen LogP contribution in [0.1, 0.15) is 12.0 Å². The van der Waals surface area contributed by atoms with E-state index in [-0.39, 0.29) is 24.2 Å². The zero-order chi connectivity index (χ0) is 17.6. The molecular weight excluding hydrogens is 324 g/mol. The Morgan fingerprint density at radius 3 is 2.92 bits per heavy atom. The molecule has 0 radical (unpaired) electrons. The smallest absolute Gasteiger partial charge is 0.225 e. The maximum Gasteiger partial charge on any atom is 0.225 e. The summed E-state index contributed by atoms with van der Waals surface area (Å²) in [5.74, 6) is 1.20. The van der Waals surface area contributed by atoms with E-state index in [9.17, 15) is 9.59 Å². The van der Waals surface area contributed by atoms with Crippen molar-refractivity contribution < 1.29 is 23.8 Å². The van der Waals surface area contributed by atoms with Crippen molar-refractivity contribution in [1.82, 2.24) is 10.2 Å². The second-order valence-electron chi connectivity index (χ2n) is 6.25. The van der Waals surface area contributed by atoms with Crippen LogP contribution in [0.2, 0.25) is 0 Å². The Bertz CT molecular complexity index is 634. The van der Waals surface area contributed by atoms with E-state index < -0.39 is 0 Å². The molecule has 0 unspecified atom stereocenters. The summed E-state index contributed by atoms with van der Waals surface area (Å²) < 4.78 is 16.0. The molecule has 0 spiro atoms. The van der Waals surface area contributed by atoms with Crippen LogP contribution in [-0.4, -0.2) is 63.3 Å². The lowest BCUT2D eigenvalue weighted by molar-refractivity contribution is -0.129. The number of hydrogen-bond donors (Lipinski definition) is 1. The lowest BCUT2D eigenvalue weighted by Crippen LogP contribution is -2.34. The summed E-state index contributed by atoms with van der Waals surface area (Å²) in [6, 6.07) is 5.83. The third kappa shape index (κ3) is 4.42. The molecule has 0 bridgehead atoms. The highest BCUT2D eigenvalue weighted by Crippen LogP contribution is 2.30. The molecule has 7 nitrogen and oxygen atoms in total. The molecule has 2 heterocycles. The fourth-order valence-electron chi connectivity index (χ4n) is 3.08. The standard InChI is InChI=1S/C18H24N2O5/c1-23-7-6-20-12-14(11-17(20)21)18(22)19-5-4-13-2-3-15-16(10-13)25-9-8-24-15/h2-3,10,14H,4-9,11-12H2,1H3,(H,19,22)/t14-/m1/s1. The molecule has 3 rings (SSSR count). The minimum absolute atomic E-state index is 0.0176. The number of rotatable bonds is 7. The monoisotopic (exact) mass is 348 g/mol. The number of methoxy groups -OCH3 is 1. The number of hydrogen-bond acceptors (Lipinski definition) is 5. The Morgan fingerprint density at radius 2 is 2.12 bits per heavy atom. The zero-order valence-electron chi connectivity index (χ0n) is 14.5. The van der Waals surface area contributed by atoms with E-state index >= 15 is 0 Å². The van der Waals surface area contributed by atoms with Crippen molar-refractivity contribution in [3.63, 3.8) is 0 Å². The van der Waals surface area contributed by atoms with Crippen molar-refractivity contribution in [2.24, 2.45) is 5.92 Å². The van der Waals surface area contributed by atoms with Gasteiger partial charge in [0.1, 0.15) is 13.2 Å². The van der Waals surface area contributed by atoms with Crippen LogP contribution in [0.3, 0.4) is 0 Å². The summed E-state index contributed by atoms with van der Waals surface area (Å²) in [7, 11) is 1.60. The first kappa shape index (κ1) is 17.5. The van der Waals surface area contributed by atoms with Crippen LogP contribution in [0.5, 0.6) is 11.5 Å². The maximum atomic E-state index is 12.3. The van der Waals surface area contributed by atoms with E-state index in [4.69, 9.17) is 14.2 Å². The number of nitrogens with one attached hydrogen (secondary N) is 1. The molecule has 136 valence electrons. The molecule has 1 aromatic rings. The Labute approximate surface area is 147 Å². The normalized spacial score (nSPS) is 19.2. The van der Waals surface area contributed by atoms with E-state index in [0.717, 1.165) is 17.1 Å². The van der Waals surface area contributed by atoms with Gasteiger partial charge in [-0.2, -0.15) is 0 Å². The van der Waals surface area contributed by atoms with Gasteiger partial charge in [0.15, 0.2) is 11.5 Å². The zero-order valence-corrected chi connectivity index (χ0v) is 14.5. The molecule has 2 aliphatic rings. The van der Waals surface area contributed by atoms with Gasteiger partial charge in [0.05, 0.1) is 12.5 Å². The van der Waals surface area contributed by atoms with E-state index in [2.05, 4.69) is 5.32 Å². The van der Waals surface area contributed by atoms with Gasteiger partial charge in [-0.25, -0.2) is 0 Å². The second kappa shape index (κ2) is 8.20. The Balaban J connectivity index is 1.44. The third-order valence-corrected chi connectivity index (χ3v) is 4.47.